The van der Waals surface area contributed by atoms with Gasteiger partial charge in [-0.15, -0.1) is 0 Å². The summed E-state index contributed by atoms with van der Waals surface area (Å²) in [4.78, 5) is 11.7. The van der Waals surface area contributed by atoms with Crippen molar-refractivity contribution in [3.63, 3.8) is 0 Å². The van der Waals surface area contributed by atoms with Crippen molar-refractivity contribution >= 4 is 5.97 Å². The maximum Gasteiger partial charge on any atom is 0.309 e. The van der Waals surface area contributed by atoms with Crippen LogP contribution in [0.4, 0.5) is 0 Å². The first-order chi connectivity index (χ1) is 12.4. The third kappa shape index (κ3) is 4.05. The van der Waals surface area contributed by atoms with E-state index in [9.17, 15) is 4.79 Å². The first kappa shape index (κ1) is 20.0. The quantitative estimate of drug-likeness (QED) is 0.376. The topological polar surface area (TPSA) is 81.7 Å². The first-order valence-electron chi connectivity index (χ1n) is 9.12. The van der Waals surface area contributed by atoms with E-state index in [-0.39, 0.29) is 50.4 Å². The molecule has 0 aromatic rings. The SMILES string of the molecule is COCOC[C@@]1(C)O[C@H]2CC[C@@]3(C)OC(=O)C[C@@H]3O[C@@H]2C[C@@H]1OCOC. The highest BCUT2D eigenvalue weighted by Gasteiger charge is 2.55. The molecule has 26 heavy (non-hydrogen) atoms. The van der Waals surface area contributed by atoms with Crippen molar-refractivity contribution < 1.29 is 38.0 Å². The van der Waals surface area contributed by atoms with Crippen molar-refractivity contribution in [3.8, 4) is 0 Å². The predicted octanol–water partition coefficient (Wildman–Crippen LogP) is 1.40. The first-order valence-corrected chi connectivity index (χ1v) is 9.12. The number of rotatable bonds is 7. The molecule has 0 aliphatic carbocycles. The Kier molecular flexibility index (Phi) is 6.21. The normalized spacial score (nSPS) is 42.7. The van der Waals surface area contributed by atoms with E-state index in [2.05, 4.69) is 0 Å². The van der Waals surface area contributed by atoms with Gasteiger partial charge in [0.15, 0.2) is 0 Å². The largest absolute Gasteiger partial charge is 0.456 e. The van der Waals surface area contributed by atoms with Crippen LogP contribution in [-0.2, 0) is 38.0 Å². The number of methoxy groups -OCH3 is 2. The Morgan fingerprint density at radius 3 is 2.65 bits per heavy atom. The molecule has 0 saturated carbocycles. The number of esters is 1. The number of hydrogen-bond donors (Lipinski definition) is 0. The molecule has 150 valence electrons. The van der Waals surface area contributed by atoms with Crippen LogP contribution in [0.15, 0.2) is 0 Å². The Bertz CT molecular complexity index is 500. The molecule has 3 rings (SSSR count). The Balaban J connectivity index is 1.73. The highest BCUT2D eigenvalue weighted by atomic mass is 16.7. The summed E-state index contributed by atoms with van der Waals surface area (Å²) in [5, 5.41) is 0. The molecule has 3 aliphatic heterocycles. The lowest BCUT2D eigenvalue weighted by atomic mass is 9.86. The van der Waals surface area contributed by atoms with E-state index in [1.165, 1.54) is 0 Å². The molecule has 0 bridgehead atoms. The van der Waals surface area contributed by atoms with Crippen LogP contribution < -0.4 is 0 Å². The van der Waals surface area contributed by atoms with Crippen LogP contribution in [0.5, 0.6) is 0 Å². The number of carbonyl (C=O) groups excluding carboxylic acids is 1. The van der Waals surface area contributed by atoms with Crippen molar-refractivity contribution in [2.45, 2.75) is 75.1 Å². The summed E-state index contributed by atoms with van der Waals surface area (Å²) in [6.07, 6.45) is 1.63. The van der Waals surface area contributed by atoms with Crippen molar-refractivity contribution in [1.82, 2.24) is 0 Å². The Morgan fingerprint density at radius 1 is 1.15 bits per heavy atom. The molecule has 0 radical (unpaired) electrons. The fourth-order valence-electron chi connectivity index (χ4n) is 4.13. The van der Waals surface area contributed by atoms with Gasteiger partial charge in [0.05, 0.1) is 31.3 Å². The van der Waals surface area contributed by atoms with Gasteiger partial charge in [0.2, 0.25) is 0 Å². The molecule has 0 aromatic heterocycles. The number of hydrogen-bond acceptors (Lipinski definition) is 8. The van der Waals surface area contributed by atoms with E-state index >= 15 is 0 Å². The van der Waals surface area contributed by atoms with Crippen molar-refractivity contribution in [2.75, 3.05) is 34.4 Å². The summed E-state index contributed by atoms with van der Waals surface area (Å²) in [5.41, 5.74) is -1.22. The predicted molar refractivity (Wildman–Crippen MR) is 89.5 cm³/mol. The lowest BCUT2D eigenvalue weighted by Crippen LogP contribution is -2.58. The van der Waals surface area contributed by atoms with Crippen molar-refractivity contribution in [2.24, 2.45) is 0 Å². The minimum atomic E-state index is -0.640. The van der Waals surface area contributed by atoms with E-state index in [4.69, 9.17) is 33.2 Å². The fraction of sp³-hybridized carbons (Fsp3) is 0.944. The molecule has 0 spiro atoms. The van der Waals surface area contributed by atoms with Crippen LogP contribution in [0.25, 0.3) is 0 Å². The second kappa shape index (κ2) is 8.08. The van der Waals surface area contributed by atoms with Gasteiger partial charge in [0.25, 0.3) is 0 Å². The number of fused-ring (bicyclic) bond motifs is 2. The molecule has 8 nitrogen and oxygen atoms in total. The molecule has 3 fully saturated rings. The van der Waals surface area contributed by atoms with E-state index in [0.717, 1.165) is 6.42 Å². The minimum absolute atomic E-state index is 0.102. The summed E-state index contributed by atoms with van der Waals surface area (Å²) < 4.78 is 39.8. The Hall–Kier alpha value is -0.770. The second-order valence-corrected chi connectivity index (χ2v) is 7.71. The van der Waals surface area contributed by atoms with Gasteiger partial charge < -0.3 is 33.2 Å². The van der Waals surface area contributed by atoms with Gasteiger partial charge in [0.1, 0.15) is 30.9 Å². The molecule has 0 aromatic carbocycles. The smallest absolute Gasteiger partial charge is 0.309 e. The summed E-state index contributed by atoms with van der Waals surface area (Å²) in [6.45, 7) is 4.62. The minimum Gasteiger partial charge on any atom is -0.456 e. The van der Waals surface area contributed by atoms with Crippen LogP contribution in [0.1, 0.15) is 39.5 Å². The molecule has 0 N–H and O–H groups in total. The van der Waals surface area contributed by atoms with E-state index in [1.54, 1.807) is 14.2 Å². The van der Waals surface area contributed by atoms with Gasteiger partial charge in [0, 0.05) is 20.6 Å². The molecule has 3 saturated heterocycles. The second-order valence-electron chi connectivity index (χ2n) is 7.71. The molecule has 0 unspecified atom stereocenters. The zero-order chi connectivity index (χ0) is 18.8. The molecule has 3 heterocycles. The van der Waals surface area contributed by atoms with Gasteiger partial charge in [-0.05, 0) is 26.7 Å². The highest BCUT2D eigenvalue weighted by Crippen LogP contribution is 2.43. The number of ether oxygens (including phenoxy) is 7. The van der Waals surface area contributed by atoms with E-state index < -0.39 is 11.2 Å². The average molecular weight is 374 g/mol. The van der Waals surface area contributed by atoms with Crippen LogP contribution in [0.3, 0.4) is 0 Å². The lowest BCUT2D eigenvalue weighted by Gasteiger charge is -2.47. The summed E-state index contributed by atoms with van der Waals surface area (Å²) >= 11 is 0. The summed E-state index contributed by atoms with van der Waals surface area (Å²) in [5.74, 6) is -0.197. The molecular formula is C18H30O8. The summed E-state index contributed by atoms with van der Waals surface area (Å²) in [7, 11) is 3.17. The van der Waals surface area contributed by atoms with Gasteiger partial charge in [-0.25, -0.2) is 0 Å². The van der Waals surface area contributed by atoms with E-state index in [0.29, 0.717) is 19.4 Å². The van der Waals surface area contributed by atoms with Crippen LogP contribution in [-0.4, -0.2) is 76.0 Å². The van der Waals surface area contributed by atoms with Crippen LogP contribution >= 0.6 is 0 Å². The third-order valence-corrected chi connectivity index (χ3v) is 5.58. The van der Waals surface area contributed by atoms with Crippen LogP contribution in [0, 0.1) is 0 Å². The lowest BCUT2D eigenvalue weighted by molar-refractivity contribution is -0.274. The zero-order valence-electron chi connectivity index (χ0n) is 16.0. The number of carbonyl (C=O) groups is 1. The molecule has 0 amide bonds. The van der Waals surface area contributed by atoms with Gasteiger partial charge in [-0.1, -0.05) is 0 Å². The van der Waals surface area contributed by atoms with Gasteiger partial charge >= 0.3 is 5.97 Å². The molecule has 8 heteroatoms. The maximum absolute atomic E-state index is 11.7. The van der Waals surface area contributed by atoms with Gasteiger partial charge in [-0.3, -0.25) is 4.79 Å². The standard InChI is InChI=1S/C18H30O8/c1-17-6-5-12-13(24-15(17)8-16(19)26-17)7-14(23-11-21-4)18(2,25-12)9-22-10-20-3/h12-15H,5-11H2,1-4H3/t12-,13+,14-,15-,17+,18+/m0/s1. The zero-order valence-corrected chi connectivity index (χ0v) is 16.0. The molecular weight excluding hydrogens is 344 g/mol. The third-order valence-electron chi connectivity index (χ3n) is 5.58. The van der Waals surface area contributed by atoms with E-state index in [1.807, 2.05) is 13.8 Å². The Morgan fingerprint density at radius 2 is 1.92 bits per heavy atom. The van der Waals surface area contributed by atoms with Crippen molar-refractivity contribution in [3.05, 3.63) is 0 Å². The molecule has 3 aliphatic rings. The monoisotopic (exact) mass is 374 g/mol. The molecule has 6 atom stereocenters. The van der Waals surface area contributed by atoms with Crippen LogP contribution in [0.2, 0.25) is 0 Å². The summed E-state index contributed by atoms with van der Waals surface area (Å²) in [6, 6.07) is 0. The van der Waals surface area contributed by atoms with Crippen molar-refractivity contribution in [1.29, 1.82) is 0 Å². The fourth-order valence-corrected chi connectivity index (χ4v) is 4.13. The van der Waals surface area contributed by atoms with Gasteiger partial charge in [-0.2, -0.15) is 0 Å². The average Bonchev–Trinajstić information content (AvgIpc) is 2.81. The Labute approximate surface area is 154 Å². The maximum atomic E-state index is 11.7. The highest BCUT2D eigenvalue weighted by molar-refractivity contribution is 5.73.